The Bertz CT molecular complexity index is 556. The number of amides is 2. The van der Waals surface area contributed by atoms with Gasteiger partial charge in [0.1, 0.15) is 0 Å². The van der Waals surface area contributed by atoms with Crippen LogP contribution in [0.2, 0.25) is 0 Å². The number of benzene rings is 1. The van der Waals surface area contributed by atoms with Gasteiger partial charge in [-0.25, -0.2) is 4.79 Å². The third kappa shape index (κ3) is 2.96. The zero-order valence-electron chi connectivity index (χ0n) is 11.4. The van der Waals surface area contributed by atoms with Crippen molar-refractivity contribution in [2.24, 2.45) is 0 Å². The molecule has 1 aliphatic heterocycles. The molecular formula is C14H16N2O4. The summed E-state index contributed by atoms with van der Waals surface area (Å²) in [6, 6.07) is 6.09. The number of rotatable bonds is 3. The Kier molecular flexibility index (Phi) is 4.02. The Morgan fingerprint density at radius 1 is 1.35 bits per heavy atom. The number of likely N-dealkylation sites (N-methyl/N-ethyl adjacent to an activating group) is 1. The molecule has 106 valence electrons. The maximum atomic E-state index is 12.1. The highest BCUT2D eigenvalue weighted by molar-refractivity contribution is 5.98. The summed E-state index contributed by atoms with van der Waals surface area (Å²) in [5, 5.41) is 2.79. The van der Waals surface area contributed by atoms with Crippen molar-refractivity contribution >= 4 is 17.8 Å². The normalized spacial score (nSPS) is 18.0. The molecule has 1 heterocycles. The highest BCUT2D eigenvalue weighted by Crippen LogP contribution is 2.11. The van der Waals surface area contributed by atoms with Crippen molar-refractivity contribution in [1.82, 2.24) is 10.2 Å². The lowest BCUT2D eigenvalue weighted by atomic mass is 10.1. The van der Waals surface area contributed by atoms with Crippen molar-refractivity contribution in [1.29, 1.82) is 0 Å². The van der Waals surface area contributed by atoms with E-state index in [1.165, 1.54) is 13.2 Å². The topological polar surface area (TPSA) is 75.7 Å². The van der Waals surface area contributed by atoms with E-state index in [-0.39, 0.29) is 17.9 Å². The first-order valence-electron chi connectivity index (χ1n) is 6.24. The summed E-state index contributed by atoms with van der Waals surface area (Å²) in [5.74, 6) is -0.780. The minimum Gasteiger partial charge on any atom is -0.465 e. The third-order valence-corrected chi connectivity index (χ3v) is 3.22. The van der Waals surface area contributed by atoms with E-state index >= 15 is 0 Å². The molecule has 0 aromatic heterocycles. The van der Waals surface area contributed by atoms with Crippen molar-refractivity contribution < 1.29 is 19.1 Å². The number of nitrogens with zero attached hydrogens (tertiary/aromatic N) is 1. The number of esters is 1. The van der Waals surface area contributed by atoms with E-state index in [0.717, 1.165) is 0 Å². The van der Waals surface area contributed by atoms with Gasteiger partial charge in [0.25, 0.3) is 5.91 Å². The van der Waals surface area contributed by atoms with Gasteiger partial charge >= 0.3 is 5.97 Å². The third-order valence-electron chi connectivity index (χ3n) is 3.22. The van der Waals surface area contributed by atoms with Crippen molar-refractivity contribution in [3.05, 3.63) is 35.4 Å². The number of nitrogens with one attached hydrogen (secondary N) is 1. The zero-order chi connectivity index (χ0) is 14.7. The van der Waals surface area contributed by atoms with Gasteiger partial charge in [0.2, 0.25) is 5.91 Å². The average Bonchev–Trinajstić information content (AvgIpc) is 2.76. The predicted molar refractivity (Wildman–Crippen MR) is 71.3 cm³/mol. The molecule has 1 saturated heterocycles. The van der Waals surface area contributed by atoms with Crippen LogP contribution in [-0.4, -0.2) is 49.4 Å². The predicted octanol–water partition coefficient (Wildman–Crippen LogP) is 0.434. The Morgan fingerprint density at radius 3 is 2.65 bits per heavy atom. The fourth-order valence-corrected chi connectivity index (χ4v) is 2.13. The van der Waals surface area contributed by atoms with Crippen molar-refractivity contribution in [3.8, 4) is 0 Å². The van der Waals surface area contributed by atoms with E-state index in [9.17, 15) is 14.4 Å². The first kappa shape index (κ1) is 14.0. The summed E-state index contributed by atoms with van der Waals surface area (Å²) in [5.41, 5.74) is 0.690. The highest BCUT2D eigenvalue weighted by atomic mass is 16.5. The molecule has 1 fully saturated rings. The number of likely N-dealkylation sites (tertiary alicyclic amines) is 1. The molecule has 0 spiro atoms. The van der Waals surface area contributed by atoms with Gasteiger partial charge in [-0.2, -0.15) is 0 Å². The molecule has 0 saturated carbocycles. The van der Waals surface area contributed by atoms with Crippen LogP contribution in [0.15, 0.2) is 24.3 Å². The van der Waals surface area contributed by atoms with E-state index in [1.807, 2.05) is 0 Å². The molecule has 1 aromatic rings. The SMILES string of the molecule is COC(=O)c1cccc(C(=O)N[C@H]2CC(=O)N(C)C2)c1. The van der Waals surface area contributed by atoms with Crippen LogP contribution in [0.5, 0.6) is 0 Å². The molecular weight excluding hydrogens is 260 g/mol. The number of carbonyl (C=O) groups excluding carboxylic acids is 3. The Morgan fingerprint density at radius 2 is 2.05 bits per heavy atom. The fraction of sp³-hybridized carbons (Fsp3) is 0.357. The van der Waals surface area contributed by atoms with Crippen LogP contribution in [0.3, 0.4) is 0 Å². The molecule has 20 heavy (non-hydrogen) atoms. The molecule has 1 atom stereocenters. The summed E-state index contributed by atoms with van der Waals surface area (Å²) < 4.78 is 4.61. The van der Waals surface area contributed by atoms with Gasteiger partial charge in [0.15, 0.2) is 0 Å². The van der Waals surface area contributed by atoms with Gasteiger partial charge in [-0.3, -0.25) is 9.59 Å². The second-order valence-corrected chi connectivity index (χ2v) is 4.72. The summed E-state index contributed by atoms with van der Waals surface area (Å²) >= 11 is 0. The van der Waals surface area contributed by atoms with Crippen molar-refractivity contribution in [2.75, 3.05) is 20.7 Å². The molecule has 0 radical (unpaired) electrons. The molecule has 2 amide bonds. The van der Waals surface area contributed by atoms with E-state index in [1.54, 1.807) is 30.1 Å². The summed E-state index contributed by atoms with van der Waals surface area (Å²) in [7, 11) is 2.99. The van der Waals surface area contributed by atoms with Gasteiger partial charge in [0, 0.05) is 25.6 Å². The molecule has 0 aliphatic carbocycles. The average molecular weight is 276 g/mol. The number of hydrogen-bond acceptors (Lipinski definition) is 4. The standard InChI is InChI=1S/C14H16N2O4/c1-16-8-11(7-12(16)17)15-13(18)9-4-3-5-10(6-9)14(19)20-2/h3-6,11H,7-8H2,1-2H3,(H,15,18)/t11-/m0/s1. The van der Waals surface area contributed by atoms with E-state index < -0.39 is 5.97 Å². The lowest BCUT2D eigenvalue weighted by Crippen LogP contribution is -2.36. The number of methoxy groups -OCH3 is 1. The van der Waals surface area contributed by atoms with Gasteiger partial charge in [-0.15, -0.1) is 0 Å². The van der Waals surface area contributed by atoms with Crippen LogP contribution in [-0.2, 0) is 9.53 Å². The van der Waals surface area contributed by atoms with Crippen molar-refractivity contribution in [2.45, 2.75) is 12.5 Å². The van der Waals surface area contributed by atoms with Crippen molar-refractivity contribution in [3.63, 3.8) is 0 Å². The maximum absolute atomic E-state index is 12.1. The van der Waals surface area contributed by atoms with Crippen LogP contribution >= 0.6 is 0 Å². The largest absolute Gasteiger partial charge is 0.465 e. The molecule has 1 N–H and O–H groups in total. The molecule has 0 unspecified atom stereocenters. The number of carbonyl (C=O) groups is 3. The summed E-state index contributed by atoms with van der Waals surface area (Å²) in [6.07, 6.45) is 0.304. The molecule has 6 nitrogen and oxygen atoms in total. The molecule has 1 aliphatic rings. The monoisotopic (exact) mass is 276 g/mol. The van der Waals surface area contributed by atoms with Gasteiger partial charge < -0.3 is 15.0 Å². The first-order valence-corrected chi connectivity index (χ1v) is 6.24. The van der Waals surface area contributed by atoms with Crippen LogP contribution in [0.4, 0.5) is 0 Å². The lowest BCUT2D eigenvalue weighted by Gasteiger charge is -2.12. The smallest absolute Gasteiger partial charge is 0.337 e. The quantitative estimate of drug-likeness (QED) is 0.812. The molecule has 0 bridgehead atoms. The second kappa shape index (κ2) is 5.73. The van der Waals surface area contributed by atoms with E-state index in [2.05, 4.69) is 10.1 Å². The highest BCUT2D eigenvalue weighted by Gasteiger charge is 2.28. The van der Waals surface area contributed by atoms with Crippen LogP contribution in [0.1, 0.15) is 27.1 Å². The molecule has 1 aromatic carbocycles. The number of hydrogen-bond donors (Lipinski definition) is 1. The summed E-state index contributed by atoms with van der Waals surface area (Å²) in [6.45, 7) is 0.501. The van der Waals surface area contributed by atoms with Crippen LogP contribution < -0.4 is 5.32 Å². The van der Waals surface area contributed by atoms with Gasteiger partial charge in [-0.1, -0.05) is 6.07 Å². The maximum Gasteiger partial charge on any atom is 0.337 e. The molecule has 2 rings (SSSR count). The minimum absolute atomic E-state index is 0.0126. The van der Waals surface area contributed by atoms with Crippen LogP contribution in [0, 0.1) is 0 Å². The first-order chi connectivity index (χ1) is 9.51. The van der Waals surface area contributed by atoms with E-state index in [0.29, 0.717) is 24.1 Å². The van der Waals surface area contributed by atoms with Gasteiger partial charge in [0.05, 0.1) is 18.7 Å². The lowest BCUT2D eigenvalue weighted by molar-refractivity contribution is -0.126. The Labute approximate surface area is 116 Å². The zero-order valence-corrected chi connectivity index (χ0v) is 11.4. The second-order valence-electron chi connectivity index (χ2n) is 4.72. The minimum atomic E-state index is -0.490. The summed E-state index contributed by atoms with van der Waals surface area (Å²) in [4.78, 5) is 36.5. The Balaban J connectivity index is 2.06. The fourth-order valence-electron chi connectivity index (χ4n) is 2.13. The molecule has 6 heteroatoms. The van der Waals surface area contributed by atoms with Gasteiger partial charge in [-0.05, 0) is 18.2 Å². The Hall–Kier alpha value is -2.37. The van der Waals surface area contributed by atoms with E-state index in [4.69, 9.17) is 0 Å². The van der Waals surface area contributed by atoms with Crippen LogP contribution in [0.25, 0.3) is 0 Å². The number of ether oxygens (including phenoxy) is 1.